The predicted molar refractivity (Wildman–Crippen MR) is 118 cm³/mol. The highest BCUT2D eigenvalue weighted by Gasteiger charge is 2.01. The number of hydrogen-bond donors (Lipinski definition) is 1. The van der Waals surface area contributed by atoms with Gasteiger partial charge in [0.2, 0.25) is 0 Å². The van der Waals surface area contributed by atoms with Gasteiger partial charge < -0.3 is 9.84 Å². The van der Waals surface area contributed by atoms with Crippen molar-refractivity contribution in [2.24, 2.45) is 0 Å². The molecule has 0 saturated carbocycles. The molecule has 0 amide bonds. The molecule has 0 aliphatic rings. The molecule has 0 fully saturated rings. The van der Waals surface area contributed by atoms with Gasteiger partial charge in [0.15, 0.2) is 0 Å². The van der Waals surface area contributed by atoms with Crippen molar-refractivity contribution in [3.05, 3.63) is 12.2 Å². The Bertz CT molecular complexity index is 298. The van der Waals surface area contributed by atoms with Crippen LogP contribution in [-0.2, 0) is 9.53 Å². The summed E-state index contributed by atoms with van der Waals surface area (Å²) in [6.45, 7) is 7.11. The Labute approximate surface area is 170 Å². The highest BCUT2D eigenvalue weighted by molar-refractivity contribution is 5.69. The van der Waals surface area contributed by atoms with Crippen molar-refractivity contribution in [3.8, 4) is 0 Å². The van der Waals surface area contributed by atoms with Gasteiger partial charge in [0.1, 0.15) is 0 Å². The molecule has 27 heavy (non-hydrogen) atoms. The predicted octanol–water partition coefficient (Wildman–Crippen LogP) is 7.37. The van der Waals surface area contributed by atoms with Gasteiger partial charge in [0, 0.05) is 13.0 Å². The van der Waals surface area contributed by atoms with Crippen molar-refractivity contribution in [1.29, 1.82) is 0 Å². The van der Waals surface area contributed by atoms with E-state index in [0.29, 0.717) is 19.6 Å². The van der Waals surface area contributed by atoms with E-state index in [9.17, 15) is 4.79 Å². The summed E-state index contributed by atoms with van der Waals surface area (Å²) in [7, 11) is 0. The van der Waals surface area contributed by atoms with E-state index in [1.165, 1.54) is 70.6 Å². The lowest BCUT2D eigenvalue weighted by atomic mass is 10.1. The molecule has 0 radical (unpaired) electrons. The molecular weight excluding hydrogens is 336 g/mol. The number of ether oxygens (including phenoxy) is 1. The molecule has 0 aromatic carbocycles. The van der Waals surface area contributed by atoms with Gasteiger partial charge in [0.25, 0.3) is 0 Å². The quantitative estimate of drug-likeness (QED) is 0.152. The first-order valence-electron chi connectivity index (χ1n) is 11.6. The number of carbonyl (C=O) groups excluding carboxylic acids is 1. The molecule has 3 nitrogen and oxygen atoms in total. The summed E-state index contributed by atoms with van der Waals surface area (Å²) in [5.41, 5.74) is 0. The van der Waals surface area contributed by atoms with E-state index in [-0.39, 0.29) is 5.97 Å². The van der Waals surface area contributed by atoms with Crippen molar-refractivity contribution in [1.82, 2.24) is 0 Å². The highest BCUT2D eigenvalue weighted by atomic mass is 16.5. The Morgan fingerprint density at radius 2 is 1.19 bits per heavy atom. The summed E-state index contributed by atoms with van der Waals surface area (Å²) in [6, 6.07) is 0. The van der Waals surface area contributed by atoms with Gasteiger partial charge in [-0.25, -0.2) is 0 Å². The van der Waals surface area contributed by atoms with Crippen molar-refractivity contribution >= 4 is 5.97 Å². The zero-order chi connectivity index (χ0) is 20.4. The van der Waals surface area contributed by atoms with Crippen molar-refractivity contribution < 1.29 is 14.6 Å². The van der Waals surface area contributed by atoms with Crippen molar-refractivity contribution in [3.63, 3.8) is 0 Å². The van der Waals surface area contributed by atoms with E-state index >= 15 is 0 Å². The fraction of sp³-hybridized carbons (Fsp3) is 0.875. The molecule has 0 spiro atoms. The van der Waals surface area contributed by atoms with Gasteiger partial charge in [0.05, 0.1) is 6.61 Å². The van der Waals surface area contributed by atoms with Gasteiger partial charge >= 0.3 is 5.97 Å². The molecule has 0 atom stereocenters. The molecule has 0 saturated heterocycles. The lowest BCUT2D eigenvalue weighted by Crippen LogP contribution is -2.04. The minimum atomic E-state index is -0.0236. The Kier molecular flexibility index (Phi) is 28.8. The summed E-state index contributed by atoms with van der Waals surface area (Å²) in [6.07, 6.45) is 23.8. The van der Waals surface area contributed by atoms with E-state index in [4.69, 9.17) is 9.84 Å². The fourth-order valence-electron chi connectivity index (χ4n) is 2.63. The number of aliphatic hydroxyl groups excluding tert-OH is 1. The van der Waals surface area contributed by atoms with Crippen LogP contribution in [0, 0.1) is 0 Å². The third-order valence-electron chi connectivity index (χ3n) is 4.33. The Hall–Kier alpha value is -0.830. The normalized spacial score (nSPS) is 10.7. The van der Waals surface area contributed by atoms with Crippen LogP contribution in [0.4, 0.5) is 0 Å². The number of unbranched alkanes of at least 4 members (excludes halogenated alkanes) is 11. The monoisotopic (exact) mass is 384 g/mol. The van der Waals surface area contributed by atoms with Crippen molar-refractivity contribution in [2.45, 2.75) is 124 Å². The van der Waals surface area contributed by atoms with Crippen LogP contribution in [-0.4, -0.2) is 24.3 Å². The smallest absolute Gasteiger partial charge is 0.305 e. The first-order valence-corrected chi connectivity index (χ1v) is 11.6. The minimum Gasteiger partial charge on any atom is -0.466 e. The van der Waals surface area contributed by atoms with Crippen LogP contribution in [0.25, 0.3) is 0 Å². The number of hydrogen-bond acceptors (Lipinski definition) is 3. The summed E-state index contributed by atoms with van der Waals surface area (Å²) in [4.78, 5) is 11.3. The van der Waals surface area contributed by atoms with Gasteiger partial charge in [-0.1, -0.05) is 84.3 Å². The van der Waals surface area contributed by atoms with E-state index in [0.717, 1.165) is 25.7 Å². The second-order valence-corrected chi connectivity index (χ2v) is 7.28. The van der Waals surface area contributed by atoms with Gasteiger partial charge in [-0.3, -0.25) is 4.79 Å². The van der Waals surface area contributed by atoms with E-state index in [1.54, 1.807) is 0 Å². The summed E-state index contributed by atoms with van der Waals surface area (Å²) in [5, 5.41) is 7.88. The van der Waals surface area contributed by atoms with E-state index < -0.39 is 0 Å². The summed E-state index contributed by atoms with van der Waals surface area (Å²) in [5.74, 6) is -0.0236. The third kappa shape index (κ3) is 30.2. The lowest BCUT2D eigenvalue weighted by Gasteiger charge is -2.03. The maximum Gasteiger partial charge on any atom is 0.305 e. The molecule has 1 N–H and O–H groups in total. The molecule has 0 aliphatic heterocycles. The molecule has 0 aliphatic carbocycles. The number of aliphatic hydroxyl groups is 1. The van der Waals surface area contributed by atoms with Crippen molar-refractivity contribution in [2.75, 3.05) is 13.2 Å². The largest absolute Gasteiger partial charge is 0.466 e. The first kappa shape index (κ1) is 28.4. The lowest BCUT2D eigenvalue weighted by molar-refractivity contribution is -0.143. The maximum absolute atomic E-state index is 11.3. The number of allylic oxidation sites excluding steroid dienone is 2. The number of rotatable bonds is 18. The molecule has 162 valence electrons. The Balaban J connectivity index is 0. The molecular formula is C24H48O3. The SMILES string of the molecule is CCCCCCCC/C=C\CCCCCCCC(=O)OCCC.CCCO. The van der Waals surface area contributed by atoms with Crippen LogP contribution in [0.1, 0.15) is 124 Å². The minimum absolute atomic E-state index is 0.0236. The van der Waals surface area contributed by atoms with Crippen LogP contribution in [0.5, 0.6) is 0 Å². The van der Waals surface area contributed by atoms with Crippen LogP contribution >= 0.6 is 0 Å². The highest BCUT2D eigenvalue weighted by Crippen LogP contribution is 2.10. The molecule has 0 unspecified atom stereocenters. The second kappa shape index (κ2) is 27.4. The summed E-state index contributed by atoms with van der Waals surface area (Å²) >= 11 is 0. The fourth-order valence-corrected chi connectivity index (χ4v) is 2.63. The average molecular weight is 385 g/mol. The number of esters is 1. The van der Waals surface area contributed by atoms with E-state index in [2.05, 4.69) is 19.1 Å². The molecule has 0 aromatic heterocycles. The maximum atomic E-state index is 11.3. The van der Waals surface area contributed by atoms with Gasteiger partial charge in [-0.05, 0) is 44.9 Å². The first-order chi connectivity index (χ1) is 13.2. The third-order valence-corrected chi connectivity index (χ3v) is 4.33. The van der Waals surface area contributed by atoms with Gasteiger partial charge in [-0.2, -0.15) is 0 Å². The molecule has 0 heterocycles. The molecule has 3 heteroatoms. The Morgan fingerprint density at radius 1 is 0.704 bits per heavy atom. The van der Waals surface area contributed by atoms with Crippen LogP contribution in [0.2, 0.25) is 0 Å². The molecule has 0 bridgehead atoms. The van der Waals surface area contributed by atoms with Crippen LogP contribution in [0.15, 0.2) is 12.2 Å². The van der Waals surface area contributed by atoms with E-state index in [1.807, 2.05) is 13.8 Å². The van der Waals surface area contributed by atoms with Crippen LogP contribution < -0.4 is 0 Å². The second-order valence-electron chi connectivity index (χ2n) is 7.28. The Morgan fingerprint density at radius 3 is 1.67 bits per heavy atom. The zero-order valence-electron chi connectivity index (χ0n) is 18.6. The summed E-state index contributed by atoms with van der Waals surface area (Å²) < 4.78 is 5.06. The topological polar surface area (TPSA) is 46.5 Å². The average Bonchev–Trinajstić information content (AvgIpc) is 2.69. The number of carbonyl (C=O) groups is 1. The zero-order valence-corrected chi connectivity index (χ0v) is 18.6. The standard InChI is InChI=1S/C21H40O2.C3H8O/c1-3-5-6-7-8-9-10-11-12-13-14-15-16-17-18-19-21(22)23-20-4-2;1-2-3-4/h11-12H,3-10,13-20H2,1-2H3;4H,2-3H2,1H3/b12-11-;. The van der Waals surface area contributed by atoms with Gasteiger partial charge in [-0.15, -0.1) is 0 Å². The van der Waals surface area contributed by atoms with Crippen LogP contribution in [0.3, 0.4) is 0 Å². The molecule has 0 rings (SSSR count). The molecule has 0 aromatic rings.